The molecule has 1 aromatic heterocycles. The van der Waals surface area contributed by atoms with Crippen molar-refractivity contribution in [2.24, 2.45) is 5.92 Å². The number of hydrogen-bond acceptors (Lipinski definition) is 3. The number of benzene rings is 2. The normalized spacial score (nSPS) is 13.6. The lowest BCUT2D eigenvalue weighted by molar-refractivity contribution is 0.439. The minimum Gasteiger partial charge on any atom is -0.371 e. The number of nitrogens with zero attached hydrogens (tertiary/aromatic N) is 2. The van der Waals surface area contributed by atoms with Crippen molar-refractivity contribution in [3.05, 3.63) is 60.7 Å². The van der Waals surface area contributed by atoms with Gasteiger partial charge in [0.05, 0.1) is 11.2 Å². The van der Waals surface area contributed by atoms with Crippen LogP contribution >= 0.6 is 24.8 Å². The minimum absolute atomic E-state index is 0. The molecule has 1 saturated heterocycles. The summed E-state index contributed by atoms with van der Waals surface area (Å²) in [5, 5.41) is 4.38. The molecule has 0 spiro atoms. The maximum atomic E-state index is 4.89. The van der Waals surface area contributed by atoms with Crippen LogP contribution in [-0.4, -0.2) is 31.2 Å². The topological polar surface area (TPSA) is 28.2 Å². The van der Waals surface area contributed by atoms with Gasteiger partial charge in [-0.3, -0.25) is 0 Å². The zero-order valence-electron chi connectivity index (χ0n) is 18.3. The zero-order valence-corrected chi connectivity index (χ0v) is 19.9. The lowest BCUT2D eigenvalue weighted by Gasteiger charge is -2.33. The summed E-state index contributed by atoms with van der Waals surface area (Å²) >= 11 is 0. The number of hydrogen-bond donors (Lipinski definition) is 1. The number of anilines is 1. The van der Waals surface area contributed by atoms with Crippen molar-refractivity contribution in [3.63, 3.8) is 0 Å². The molecule has 0 radical (unpaired) electrons. The van der Waals surface area contributed by atoms with Gasteiger partial charge in [-0.05, 0) is 44.0 Å². The summed E-state index contributed by atoms with van der Waals surface area (Å²) < 4.78 is 0. The molecule has 0 unspecified atom stereocenters. The van der Waals surface area contributed by atoms with Crippen molar-refractivity contribution in [1.29, 1.82) is 0 Å². The monoisotopic (exact) mass is 447 g/mol. The first-order chi connectivity index (χ1) is 13.7. The average Bonchev–Trinajstić information content (AvgIpc) is 2.75. The van der Waals surface area contributed by atoms with E-state index in [1.165, 1.54) is 29.5 Å². The van der Waals surface area contributed by atoms with Gasteiger partial charge in [-0.2, -0.15) is 0 Å². The van der Waals surface area contributed by atoms with Crippen LogP contribution < -0.4 is 10.2 Å². The van der Waals surface area contributed by atoms with Gasteiger partial charge in [-0.25, -0.2) is 4.98 Å². The minimum atomic E-state index is 0. The number of rotatable bonds is 4. The van der Waals surface area contributed by atoms with E-state index in [1.807, 2.05) is 0 Å². The second kappa shape index (κ2) is 13.5. The molecule has 164 valence electrons. The molecule has 2 aromatic carbocycles. The first-order valence-corrected chi connectivity index (χ1v) is 10.6. The average molecular weight is 448 g/mol. The summed E-state index contributed by atoms with van der Waals surface area (Å²) in [4.78, 5) is 7.43. The van der Waals surface area contributed by atoms with E-state index in [2.05, 4.69) is 91.7 Å². The third-order valence-electron chi connectivity index (χ3n) is 5.39. The van der Waals surface area contributed by atoms with Crippen LogP contribution in [0.15, 0.2) is 60.7 Å². The van der Waals surface area contributed by atoms with Crippen molar-refractivity contribution in [2.45, 2.75) is 33.6 Å². The fraction of sp³-hybridized carbons (Fsp3) is 0.400. The summed E-state index contributed by atoms with van der Waals surface area (Å²) in [5.41, 5.74) is 4.67. The maximum absolute atomic E-state index is 4.89. The van der Waals surface area contributed by atoms with Gasteiger partial charge >= 0.3 is 0 Å². The summed E-state index contributed by atoms with van der Waals surface area (Å²) in [6.07, 6.45) is 2.55. The Balaban J connectivity index is 0.000000581. The highest BCUT2D eigenvalue weighted by Gasteiger charge is 2.19. The summed E-state index contributed by atoms with van der Waals surface area (Å²) in [6.45, 7) is 11.0. The SMILES string of the molecule is CC1CCN(c2cc(-c3ccccc3)nc3ccccc23)CC1.CCNCC.Cl.Cl. The van der Waals surface area contributed by atoms with Crippen molar-refractivity contribution in [1.82, 2.24) is 10.3 Å². The quantitative estimate of drug-likeness (QED) is 0.488. The Morgan fingerprint density at radius 2 is 1.50 bits per heavy atom. The molecule has 30 heavy (non-hydrogen) atoms. The maximum Gasteiger partial charge on any atom is 0.0730 e. The number of para-hydroxylation sites is 1. The second-order valence-corrected chi connectivity index (χ2v) is 7.54. The number of pyridine rings is 1. The summed E-state index contributed by atoms with van der Waals surface area (Å²) in [7, 11) is 0. The molecule has 5 heteroatoms. The van der Waals surface area contributed by atoms with Crippen molar-refractivity contribution >= 4 is 41.4 Å². The van der Waals surface area contributed by atoms with Gasteiger partial charge in [0.25, 0.3) is 0 Å². The Hall–Kier alpha value is -1.81. The largest absolute Gasteiger partial charge is 0.371 e. The van der Waals surface area contributed by atoms with Crippen molar-refractivity contribution in [2.75, 3.05) is 31.1 Å². The molecule has 1 N–H and O–H groups in total. The van der Waals surface area contributed by atoms with Crippen LogP contribution in [0.5, 0.6) is 0 Å². The van der Waals surface area contributed by atoms with E-state index in [9.17, 15) is 0 Å². The Bertz CT molecular complexity index is 861. The van der Waals surface area contributed by atoms with E-state index in [0.717, 1.165) is 43.3 Å². The summed E-state index contributed by atoms with van der Waals surface area (Å²) in [5.74, 6) is 0.841. The van der Waals surface area contributed by atoms with Gasteiger partial charge in [0.1, 0.15) is 0 Å². The number of fused-ring (bicyclic) bond motifs is 1. The number of halogens is 2. The molecule has 0 atom stereocenters. The first kappa shape index (κ1) is 26.2. The van der Waals surface area contributed by atoms with E-state index in [-0.39, 0.29) is 24.8 Å². The third kappa shape index (κ3) is 6.87. The third-order valence-corrected chi connectivity index (χ3v) is 5.39. The smallest absolute Gasteiger partial charge is 0.0730 e. The fourth-order valence-corrected chi connectivity index (χ4v) is 3.67. The van der Waals surface area contributed by atoms with Crippen LogP contribution in [0.25, 0.3) is 22.2 Å². The van der Waals surface area contributed by atoms with E-state index in [4.69, 9.17) is 4.98 Å². The highest BCUT2D eigenvalue weighted by atomic mass is 35.5. The van der Waals surface area contributed by atoms with Gasteiger partial charge in [-0.1, -0.05) is 69.3 Å². The Kier molecular flexibility index (Phi) is 11.8. The number of piperidine rings is 1. The number of aromatic nitrogens is 1. The Morgan fingerprint density at radius 3 is 2.10 bits per heavy atom. The van der Waals surface area contributed by atoms with Crippen molar-refractivity contribution in [3.8, 4) is 11.3 Å². The zero-order chi connectivity index (χ0) is 19.8. The van der Waals surface area contributed by atoms with Gasteiger partial charge < -0.3 is 10.2 Å². The molecular formula is C25H35Cl2N3. The van der Waals surface area contributed by atoms with Crippen LogP contribution in [0.1, 0.15) is 33.6 Å². The van der Waals surface area contributed by atoms with Gasteiger partial charge in [-0.15, -0.1) is 24.8 Å². The molecular weight excluding hydrogens is 413 g/mol. The lowest BCUT2D eigenvalue weighted by Crippen LogP contribution is -2.32. The van der Waals surface area contributed by atoms with Gasteiger partial charge in [0.15, 0.2) is 0 Å². The van der Waals surface area contributed by atoms with Crippen LogP contribution in [0.4, 0.5) is 5.69 Å². The predicted octanol–water partition coefficient (Wildman–Crippen LogP) is 6.60. The molecule has 3 nitrogen and oxygen atoms in total. The molecule has 0 amide bonds. The van der Waals surface area contributed by atoms with Crippen molar-refractivity contribution < 1.29 is 0 Å². The molecule has 1 fully saturated rings. The van der Waals surface area contributed by atoms with E-state index < -0.39 is 0 Å². The van der Waals surface area contributed by atoms with Crippen LogP contribution in [0.3, 0.4) is 0 Å². The molecule has 4 rings (SSSR count). The molecule has 0 aliphatic carbocycles. The van der Waals surface area contributed by atoms with Crippen LogP contribution in [0.2, 0.25) is 0 Å². The lowest BCUT2D eigenvalue weighted by atomic mass is 9.98. The van der Waals surface area contributed by atoms with Crippen LogP contribution in [0, 0.1) is 5.92 Å². The summed E-state index contributed by atoms with van der Waals surface area (Å²) in [6, 6.07) is 21.3. The number of nitrogens with one attached hydrogen (secondary N) is 1. The standard InChI is InChI=1S/C21H22N2.C4H11N.2ClH/c1-16-11-13-23(14-12-16)21-15-20(17-7-3-2-4-8-17)22-19-10-6-5-9-18(19)21;1-3-5-4-2;;/h2-10,15-16H,11-14H2,1H3;5H,3-4H2,1-2H3;2*1H. The highest BCUT2D eigenvalue weighted by molar-refractivity contribution is 5.94. The molecule has 0 bridgehead atoms. The Labute approximate surface area is 194 Å². The molecule has 0 saturated carbocycles. The van der Waals surface area contributed by atoms with Gasteiger partial charge in [0.2, 0.25) is 0 Å². The molecule has 2 heterocycles. The molecule has 3 aromatic rings. The van der Waals surface area contributed by atoms with E-state index in [1.54, 1.807) is 0 Å². The highest BCUT2D eigenvalue weighted by Crippen LogP contribution is 2.33. The fourth-order valence-electron chi connectivity index (χ4n) is 3.67. The predicted molar refractivity (Wildman–Crippen MR) is 137 cm³/mol. The molecule has 1 aliphatic rings. The Morgan fingerprint density at radius 1 is 0.900 bits per heavy atom. The first-order valence-electron chi connectivity index (χ1n) is 10.6. The molecule has 1 aliphatic heterocycles. The van der Waals surface area contributed by atoms with E-state index in [0.29, 0.717) is 0 Å². The van der Waals surface area contributed by atoms with E-state index >= 15 is 0 Å². The second-order valence-electron chi connectivity index (χ2n) is 7.54. The van der Waals surface area contributed by atoms with Crippen LogP contribution in [-0.2, 0) is 0 Å². The van der Waals surface area contributed by atoms with Gasteiger partial charge in [0, 0.05) is 29.7 Å².